The van der Waals surface area contributed by atoms with Gasteiger partial charge in [-0.05, 0) is 43.2 Å². The summed E-state index contributed by atoms with van der Waals surface area (Å²) in [5, 5.41) is 3.04. The number of hydrogen-bond donors (Lipinski definition) is 1. The molecule has 1 aliphatic heterocycles. The van der Waals surface area contributed by atoms with Gasteiger partial charge in [-0.3, -0.25) is 9.69 Å². The highest BCUT2D eigenvalue weighted by atomic mass is 35.5. The lowest BCUT2D eigenvalue weighted by molar-refractivity contribution is -0.119. The van der Waals surface area contributed by atoms with Crippen LogP contribution in [0.3, 0.4) is 0 Å². The molecular weight excluding hydrogens is 430 g/mol. The van der Waals surface area contributed by atoms with Crippen molar-refractivity contribution in [3.8, 4) is 0 Å². The van der Waals surface area contributed by atoms with Crippen molar-refractivity contribution in [3.63, 3.8) is 0 Å². The Morgan fingerprint density at radius 1 is 1.20 bits per heavy atom. The quantitative estimate of drug-likeness (QED) is 0.653. The predicted octanol–water partition coefficient (Wildman–Crippen LogP) is 2.94. The summed E-state index contributed by atoms with van der Waals surface area (Å²) >= 11 is 6.16. The van der Waals surface area contributed by atoms with E-state index in [0.29, 0.717) is 28.9 Å². The molecule has 10 heteroatoms. The number of amides is 3. The summed E-state index contributed by atoms with van der Waals surface area (Å²) in [6, 6.07) is 9.80. The molecule has 0 spiro atoms. The van der Waals surface area contributed by atoms with Crippen LogP contribution in [0, 0.1) is 6.92 Å². The monoisotopic (exact) mass is 451 g/mol. The molecule has 2 aromatic rings. The zero-order valence-electron chi connectivity index (χ0n) is 16.6. The molecule has 160 valence electrons. The van der Waals surface area contributed by atoms with Gasteiger partial charge in [-0.1, -0.05) is 29.8 Å². The molecule has 3 rings (SSSR count). The third kappa shape index (κ3) is 4.28. The minimum Gasteiger partial charge on any atom is -0.385 e. The van der Waals surface area contributed by atoms with Crippen LogP contribution >= 0.6 is 11.6 Å². The van der Waals surface area contributed by atoms with Crippen LogP contribution in [0.2, 0.25) is 5.02 Å². The number of hydrogen-bond acceptors (Lipinski definition) is 5. The molecule has 3 amide bonds. The molecule has 0 bridgehead atoms. The smallest absolute Gasteiger partial charge is 0.343 e. The average Bonchev–Trinajstić information content (AvgIpc) is 2.71. The van der Waals surface area contributed by atoms with Crippen molar-refractivity contribution >= 4 is 44.9 Å². The first kappa shape index (κ1) is 22.1. The summed E-state index contributed by atoms with van der Waals surface area (Å²) in [7, 11) is -2.61. The standard InChI is InChI=1S/C20H22ClN3O5S/c1-14-8-9-15(12-16(14)21)24-20(26)23(13-19(25)22-10-5-11-29-2)17-6-3-4-7-18(17)30(24,27)28/h3-4,6-9,12H,5,10-11,13H2,1-2H3,(H,22,25). The van der Waals surface area contributed by atoms with E-state index < -0.39 is 22.0 Å². The summed E-state index contributed by atoms with van der Waals surface area (Å²) in [5.74, 6) is -0.407. The van der Waals surface area contributed by atoms with E-state index in [9.17, 15) is 18.0 Å². The van der Waals surface area contributed by atoms with Crippen molar-refractivity contribution in [2.75, 3.05) is 36.0 Å². The third-order valence-electron chi connectivity index (χ3n) is 4.62. The van der Waals surface area contributed by atoms with Crippen LogP contribution in [0.4, 0.5) is 16.2 Å². The molecular formula is C20H22ClN3O5S. The van der Waals surface area contributed by atoms with Crippen LogP contribution in [0.15, 0.2) is 47.4 Å². The van der Waals surface area contributed by atoms with Crippen LogP contribution in [0.5, 0.6) is 0 Å². The van der Waals surface area contributed by atoms with Gasteiger partial charge in [-0.2, -0.15) is 4.31 Å². The number of methoxy groups -OCH3 is 1. The lowest BCUT2D eigenvalue weighted by Crippen LogP contribution is -2.53. The summed E-state index contributed by atoms with van der Waals surface area (Å²) in [5.41, 5.74) is 1.01. The van der Waals surface area contributed by atoms with E-state index in [0.717, 1.165) is 10.5 Å². The third-order valence-corrected chi connectivity index (χ3v) is 6.77. The van der Waals surface area contributed by atoms with Gasteiger partial charge in [0, 0.05) is 25.3 Å². The van der Waals surface area contributed by atoms with Crippen molar-refractivity contribution < 1.29 is 22.7 Å². The number of halogens is 1. The Labute approximate surface area is 180 Å². The number of para-hydroxylation sites is 1. The fraction of sp³-hybridized carbons (Fsp3) is 0.300. The zero-order chi connectivity index (χ0) is 21.9. The van der Waals surface area contributed by atoms with Crippen LogP contribution in [0.25, 0.3) is 0 Å². The second-order valence-electron chi connectivity index (χ2n) is 6.74. The highest BCUT2D eigenvalue weighted by Crippen LogP contribution is 2.37. The van der Waals surface area contributed by atoms with Crippen molar-refractivity contribution in [3.05, 3.63) is 53.1 Å². The van der Waals surface area contributed by atoms with Crippen molar-refractivity contribution in [2.24, 2.45) is 0 Å². The summed E-state index contributed by atoms with van der Waals surface area (Å²) in [4.78, 5) is 26.7. The summed E-state index contributed by atoms with van der Waals surface area (Å²) in [6.45, 7) is 2.32. The minimum atomic E-state index is -4.17. The first-order valence-electron chi connectivity index (χ1n) is 9.25. The Bertz CT molecular complexity index is 1070. The number of nitrogens with one attached hydrogen (secondary N) is 1. The molecule has 1 heterocycles. The first-order valence-corrected chi connectivity index (χ1v) is 11.1. The highest BCUT2D eigenvalue weighted by Gasteiger charge is 2.43. The van der Waals surface area contributed by atoms with Gasteiger partial charge in [-0.15, -0.1) is 0 Å². The maximum atomic E-state index is 13.2. The number of anilines is 2. The molecule has 1 N–H and O–H groups in total. The average molecular weight is 452 g/mol. The predicted molar refractivity (Wildman–Crippen MR) is 115 cm³/mol. The van der Waals surface area contributed by atoms with Crippen molar-refractivity contribution in [1.29, 1.82) is 0 Å². The molecule has 0 fully saturated rings. The molecule has 30 heavy (non-hydrogen) atoms. The minimum absolute atomic E-state index is 0.0616. The molecule has 8 nitrogen and oxygen atoms in total. The van der Waals surface area contributed by atoms with Crippen LogP contribution in [-0.4, -0.2) is 47.2 Å². The number of nitrogens with zero attached hydrogens (tertiary/aromatic N) is 2. The highest BCUT2D eigenvalue weighted by molar-refractivity contribution is 7.94. The number of carbonyl (C=O) groups excluding carboxylic acids is 2. The fourth-order valence-electron chi connectivity index (χ4n) is 3.07. The van der Waals surface area contributed by atoms with Gasteiger partial charge in [0.15, 0.2) is 0 Å². The number of sulfonamides is 1. The number of aryl methyl sites for hydroxylation is 1. The Morgan fingerprint density at radius 3 is 2.63 bits per heavy atom. The Balaban J connectivity index is 1.98. The van der Waals surface area contributed by atoms with Gasteiger partial charge in [0.1, 0.15) is 11.4 Å². The van der Waals surface area contributed by atoms with E-state index in [4.69, 9.17) is 16.3 Å². The molecule has 0 saturated carbocycles. The Hall–Kier alpha value is -2.62. The molecule has 1 aliphatic rings. The van der Waals surface area contributed by atoms with Crippen LogP contribution in [0.1, 0.15) is 12.0 Å². The Morgan fingerprint density at radius 2 is 1.93 bits per heavy atom. The lowest BCUT2D eigenvalue weighted by atomic mass is 10.2. The lowest BCUT2D eigenvalue weighted by Gasteiger charge is -2.36. The molecule has 0 saturated heterocycles. The molecule has 0 aromatic heterocycles. The van der Waals surface area contributed by atoms with E-state index in [2.05, 4.69) is 5.32 Å². The van der Waals surface area contributed by atoms with Gasteiger partial charge in [0.25, 0.3) is 10.0 Å². The number of carbonyl (C=O) groups is 2. The Kier molecular flexibility index (Phi) is 6.64. The number of benzene rings is 2. The summed E-state index contributed by atoms with van der Waals surface area (Å²) < 4.78 is 32.0. The van der Waals surface area contributed by atoms with Gasteiger partial charge < -0.3 is 10.1 Å². The number of fused-ring (bicyclic) bond motifs is 1. The number of ether oxygens (including phenoxy) is 1. The molecule has 2 aromatic carbocycles. The molecule has 0 aliphatic carbocycles. The zero-order valence-corrected chi connectivity index (χ0v) is 18.2. The normalized spacial score (nSPS) is 15.1. The van der Waals surface area contributed by atoms with E-state index in [1.165, 1.54) is 24.3 Å². The van der Waals surface area contributed by atoms with E-state index >= 15 is 0 Å². The van der Waals surface area contributed by atoms with E-state index in [1.807, 2.05) is 0 Å². The van der Waals surface area contributed by atoms with Gasteiger partial charge >= 0.3 is 6.03 Å². The largest absolute Gasteiger partial charge is 0.385 e. The SMILES string of the molecule is COCCCNC(=O)CN1C(=O)N(c2ccc(C)c(Cl)c2)S(=O)(=O)c2ccccc21. The topological polar surface area (TPSA) is 96.0 Å². The maximum absolute atomic E-state index is 13.2. The van der Waals surface area contributed by atoms with Crippen LogP contribution in [-0.2, 0) is 19.6 Å². The first-order chi connectivity index (χ1) is 14.3. The number of rotatable bonds is 7. The van der Waals surface area contributed by atoms with Crippen molar-refractivity contribution in [2.45, 2.75) is 18.2 Å². The second kappa shape index (κ2) is 9.03. The molecule has 0 unspecified atom stereocenters. The number of urea groups is 1. The second-order valence-corrected chi connectivity index (χ2v) is 8.90. The molecule has 0 atom stereocenters. The fourth-order valence-corrected chi connectivity index (χ4v) is 4.83. The van der Waals surface area contributed by atoms with Gasteiger partial charge in [0.2, 0.25) is 5.91 Å². The maximum Gasteiger partial charge on any atom is 0.343 e. The molecule has 0 radical (unpaired) electrons. The van der Waals surface area contributed by atoms with E-state index in [-0.39, 0.29) is 22.8 Å². The summed E-state index contributed by atoms with van der Waals surface area (Å²) in [6.07, 6.45) is 0.620. The van der Waals surface area contributed by atoms with Gasteiger partial charge in [0.05, 0.1) is 11.4 Å². The van der Waals surface area contributed by atoms with Crippen molar-refractivity contribution in [1.82, 2.24) is 5.32 Å². The van der Waals surface area contributed by atoms with Crippen LogP contribution < -0.4 is 14.5 Å². The van der Waals surface area contributed by atoms with Gasteiger partial charge in [-0.25, -0.2) is 13.2 Å². The van der Waals surface area contributed by atoms with E-state index in [1.54, 1.807) is 32.2 Å².